The van der Waals surface area contributed by atoms with Gasteiger partial charge in [0.05, 0.1) is 5.69 Å². The molecule has 0 atom stereocenters. The van der Waals surface area contributed by atoms with Gasteiger partial charge in [-0.1, -0.05) is 26.8 Å². The summed E-state index contributed by atoms with van der Waals surface area (Å²) in [5.41, 5.74) is 7.60. The van der Waals surface area contributed by atoms with Crippen LogP contribution >= 0.6 is 0 Å². The lowest BCUT2D eigenvalue weighted by Crippen LogP contribution is -2.30. The highest BCUT2D eigenvalue weighted by Crippen LogP contribution is 2.22. The topological polar surface area (TPSA) is 64.3 Å². The summed E-state index contributed by atoms with van der Waals surface area (Å²) in [6, 6.07) is 5.66. The summed E-state index contributed by atoms with van der Waals surface area (Å²) in [7, 11) is 0. The number of aryl methyl sites for hydroxylation is 1. The molecule has 1 aromatic rings. The Balaban J connectivity index is 2.37. The number of hydrogen-bond donors (Lipinski definition) is 2. The Hall–Kier alpha value is -1.71. The minimum atomic E-state index is -0.111. The van der Waals surface area contributed by atoms with Gasteiger partial charge < -0.3 is 15.8 Å². The molecular formula is C15H24N2O2. The number of anilines is 1. The van der Waals surface area contributed by atoms with Crippen LogP contribution in [0.15, 0.2) is 18.2 Å². The third kappa shape index (κ3) is 5.64. The molecule has 4 heteroatoms. The number of nitrogens with two attached hydrogens (primary N) is 1. The van der Waals surface area contributed by atoms with Gasteiger partial charge in [-0.15, -0.1) is 0 Å². The summed E-state index contributed by atoms with van der Waals surface area (Å²) in [5, 5.41) is 2.82. The van der Waals surface area contributed by atoms with Crippen molar-refractivity contribution >= 4 is 11.6 Å². The van der Waals surface area contributed by atoms with E-state index >= 15 is 0 Å². The molecule has 0 heterocycles. The van der Waals surface area contributed by atoms with Crippen LogP contribution in [0.4, 0.5) is 5.69 Å². The van der Waals surface area contributed by atoms with Gasteiger partial charge in [0.2, 0.25) is 0 Å². The monoisotopic (exact) mass is 264 g/mol. The Morgan fingerprint density at radius 1 is 1.42 bits per heavy atom. The van der Waals surface area contributed by atoms with Crippen molar-refractivity contribution in [3.05, 3.63) is 23.8 Å². The van der Waals surface area contributed by atoms with Gasteiger partial charge in [-0.2, -0.15) is 0 Å². The minimum Gasteiger partial charge on any atom is -0.482 e. The highest BCUT2D eigenvalue weighted by Gasteiger charge is 2.05. The second kappa shape index (κ2) is 7.67. The molecule has 0 saturated carbocycles. The van der Waals surface area contributed by atoms with E-state index in [1.807, 2.05) is 18.2 Å². The fourth-order valence-electron chi connectivity index (χ4n) is 1.64. The molecule has 0 saturated heterocycles. The lowest BCUT2D eigenvalue weighted by molar-refractivity contribution is -0.123. The molecule has 0 aliphatic rings. The van der Waals surface area contributed by atoms with Crippen molar-refractivity contribution in [2.45, 2.75) is 33.6 Å². The molecule has 0 spiro atoms. The number of carbonyl (C=O) groups is 1. The molecule has 1 rings (SSSR count). The van der Waals surface area contributed by atoms with E-state index in [-0.39, 0.29) is 12.5 Å². The molecule has 0 radical (unpaired) electrons. The van der Waals surface area contributed by atoms with Crippen molar-refractivity contribution in [3.63, 3.8) is 0 Å². The number of rotatable bonds is 7. The maximum atomic E-state index is 11.6. The molecule has 0 unspecified atom stereocenters. The standard InChI is InChI=1S/C15H24N2O2/c1-4-12-5-6-14(13(16)9-12)19-10-15(18)17-8-7-11(2)3/h5-6,9,11H,4,7-8,10,16H2,1-3H3,(H,17,18). The van der Waals surface area contributed by atoms with Gasteiger partial charge in [-0.05, 0) is 36.5 Å². The molecule has 0 fully saturated rings. The van der Waals surface area contributed by atoms with Crippen LogP contribution in [0.1, 0.15) is 32.8 Å². The predicted molar refractivity (Wildman–Crippen MR) is 78.2 cm³/mol. The summed E-state index contributed by atoms with van der Waals surface area (Å²) in [5.74, 6) is 1.04. The van der Waals surface area contributed by atoms with Crippen LogP contribution in [-0.4, -0.2) is 19.1 Å². The van der Waals surface area contributed by atoms with Crippen LogP contribution in [0, 0.1) is 5.92 Å². The Bertz CT molecular complexity index is 417. The second-order valence-electron chi connectivity index (χ2n) is 5.05. The third-order valence-electron chi connectivity index (χ3n) is 2.89. The Morgan fingerprint density at radius 3 is 2.74 bits per heavy atom. The van der Waals surface area contributed by atoms with Gasteiger partial charge >= 0.3 is 0 Å². The van der Waals surface area contributed by atoms with Crippen molar-refractivity contribution in [2.24, 2.45) is 5.92 Å². The molecule has 0 bridgehead atoms. The highest BCUT2D eigenvalue weighted by atomic mass is 16.5. The summed E-state index contributed by atoms with van der Waals surface area (Å²) in [6.07, 6.45) is 1.90. The summed E-state index contributed by atoms with van der Waals surface area (Å²) in [6.45, 7) is 7.01. The highest BCUT2D eigenvalue weighted by molar-refractivity contribution is 5.77. The fraction of sp³-hybridized carbons (Fsp3) is 0.533. The smallest absolute Gasteiger partial charge is 0.257 e. The van der Waals surface area contributed by atoms with E-state index in [1.165, 1.54) is 0 Å². The first-order valence-corrected chi connectivity index (χ1v) is 6.80. The van der Waals surface area contributed by atoms with Gasteiger partial charge in [-0.25, -0.2) is 0 Å². The third-order valence-corrected chi connectivity index (χ3v) is 2.89. The zero-order chi connectivity index (χ0) is 14.3. The number of nitrogens with one attached hydrogen (secondary N) is 1. The average Bonchev–Trinajstić information content (AvgIpc) is 2.36. The molecule has 106 valence electrons. The summed E-state index contributed by atoms with van der Waals surface area (Å²) >= 11 is 0. The van der Waals surface area contributed by atoms with Crippen LogP contribution in [-0.2, 0) is 11.2 Å². The lowest BCUT2D eigenvalue weighted by atomic mass is 10.1. The van der Waals surface area contributed by atoms with E-state index in [0.717, 1.165) is 18.4 Å². The first-order valence-electron chi connectivity index (χ1n) is 6.80. The van der Waals surface area contributed by atoms with Crippen LogP contribution in [0.25, 0.3) is 0 Å². The van der Waals surface area contributed by atoms with E-state index in [2.05, 4.69) is 26.1 Å². The molecule has 0 aliphatic heterocycles. The van der Waals surface area contributed by atoms with Crippen LogP contribution in [0.3, 0.4) is 0 Å². The number of amides is 1. The van der Waals surface area contributed by atoms with E-state index in [1.54, 1.807) is 0 Å². The first-order chi connectivity index (χ1) is 9.02. The Morgan fingerprint density at radius 2 is 2.16 bits per heavy atom. The van der Waals surface area contributed by atoms with Crippen molar-refractivity contribution in [2.75, 3.05) is 18.9 Å². The van der Waals surface area contributed by atoms with Gasteiger partial charge in [-0.3, -0.25) is 4.79 Å². The molecule has 0 aromatic heterocycles. The largest absolute Gasteiger partial charge is 0.482 e. The summed E-state index contributed by atoms with van der Waals surface area (Å²) < 4.78 is 5.42. The molecular weight excluding hydrogens is 240 g/mol. The molecule has 1 amide bonds. The molecule has 0 aliphatic carbocycles. The van der Waals surface area contributed by atoms with Crippen LogP contribution in [0.5, 0.6) is 5.75 Å². The Labute approximate surface area is 115 Å². The maximum absolute atomic E-state index is 11.6. The predicted octanol–water partition coefficient (Wildman–Crippen LogP) is 2.37. The van der Waals surface area contributed by atoms with Gasteiger partial charge in [0.1, 0.15) is 5.75 Å². The molecule has 19 heavy (non-hydrogen) atoms. The molecule has 3 N–H and O–H groups in total. The van der Waals surface area contributed by atoms with Crippen LogP contribution in [0.2, 0.25) is 0 Å². The van der Waals surface area contributed by atoms with E-state index in [0.29, 0.717) is 23.9 Å². The average molecular weight is 264 g/mol. The van der Waals surface area contributed by atoms with Crippen molar-refractivity contribution in [1.82, 2.24) is 5.32 Å². The zero-order valence-corrected chi connectivity index (χ0v) is 12.0. The lowest BCUT2D eigenvalue weighted by Gasteiger charge is -2.11. The number of carbonyl (C=O) groups excluding carboxylic acids is 1. The van der Waals surface area contributed by atoms with Gasteiger partial charge in [0.25, 0.3) is 5.91 Å². The number of benzene rings is 1. The number of hydrogen-bond acceptors (Lipinski definition) is 3. The number of nitrogen functional groups attached to an aromatic ring is 1. The maximum Gasteiger partial charge on any atom is 0.257 e. The van der Waals surface area contributed by atoms with Crippen molar-refractivity contribution in [3.8, 4) is 5.75 Å². The SMILES string of the molecule is CCc1ccc(OCC(=O)NCCC(C)C)c(N)c1. The fourth-order valence-corrected chi connectivity index (χ4v) is 1.64. The Kier molecular flexibility index (Phi) is 6.19. The quantitative estimate of drug-likeness (QED) is 0.743. The van der Waals surface area contributed by atoms with Gasteiger partial charge in [0.15, 0.2) is 6.61 Å². The van der Waals surface area contributed by atoms with Gasteiger partial charge in [0, 0.05) is 6.54 Å². The second-order valence-corrected chi connectivity index (χ2v) is 5.05. The zero-order valence-electron chi connectivity index (χ0n) is 12.0. The van der Waals surface area contributed by atoms with Crippen molar-refractivity contribution in [1.29, 1.82) is 0 Å². The van der Waals surface area contributed by atoms with E-state index in [9.17, 15) is 4.79 Å². The van der Waals surface area contributed by atoms with Crippen LogP contribution < -0.4 is 15.8 Å². The number of ether oxygens (including phenoxy) is 1. The minimum absolute atomic E-state index is 0.00771. The molecule has 1 aromatic carbocycles. The van der Waals surface area contributed by atoms with E-state index < -0.39 is 0 Å². The van der Waals surface area contributed by atoms with Crippen molar-refractivity contribution < 1.29 is 9.53 Å². The first kappa shape index (κ1) is 15.3. The molecule has 4 nitrogen and oxygen atoms in total. The summed E-state index contributed by atoms with van der Waals surface area (Å²) in [4.78, 5) is 11.6. The normalized spacial score (nSPS) is 10.5. The van der Waals surface area contributed by atoms with E-state index in [4.69, 9.17) is 10.5 Å².